The van der Waals surface area contributed by atoms with Crippen LogP contribution in [-0.4, -0.2) is 21.3 Å². The monoisotopic (exact) mass is 282 g/mol. The summed E-state index contributed by atoms with van der Waals surface area (Å²) in [5, 5.41) is 8.01. The summed E-state index contributed by atoms with van der Waals surface area (Å²) in [7, 11) is 1.90. The number of pyridine rings is 1. The second-order valence-electron chi connectivity index (χ2n) is 3.79. The molecule has 0 saturated carbocycles. The van der Waals surface area contributed by atoms with Gasteiger partial charge < -0.3 is 5.32 Å². The van der Waals surface area contributed by atoms with Gasteiger partial charge in [-0.25, -0.2) is 4.98 Å². The zero-order valence-electron chi connectivity index (χ0n) is 10.4. The first-order valence-corrected chi connectivity index (χ1v) is 7.06. The van der Waals surface area contributed by atoms with Crippen LogP contribution in [0.3, 0.4) is 0 Å². The van der Waals surface area contributed by atoms with Gasteiger partial charge in [-0.1, -0.05) is 11.6 Å². The van der Waals surface area contributed by atoms with Crippen molar-refractivity contribution < 1.29 is 0 Å². The van der Waals surface area contributed by atoms with Gasteiger partial charge in [0.2, 0.25) is 0 Å². The minimum atomic E-state index is 0.702. The number of nitrogens with one attached hydrogen (secondary N) is 1. The first-order valence-electron chi connectivity index (χ1n) is 5.69. The lowest BCUT2D eigenvalue weighted by molar-refractivity contribution is 0.766. The second kappa shape index (κ2) is 6.11. The van der Waals surface area contributed by atoms with Crippen LogP contribution in [0.2, 0.25) is 5.02 Å². The average molecular weight is 283 g/mol. The molecular weight excluding hydrogens is 268 g/mol. The van der Waals surface area contributed by atoms with Crippen molar-refractivity contribution in [3.8, 4) is 0 Å². The Balaban J connectivity index is 2.05. The molecule has 2 rings (SSSR count). The van der Waals surface area contributed by atoms with Crippen LogP contribution in [0.1, 0.15) is 12.6 Å². The number of anilines is 1. The molecule has 18 heavy (non-hydrogen) atoms. The van der Waals surface area contributed by atoms with Gasteiger partial charge in [0, 0.05) is 30.4 Å². The summed E-state index contributed by atoms with van der Waals surface area (Å²) >= 11 is 7.82. The van der Waals surface area contributed by atoms with E-state index in [-0.39, 0.29) is 0 Å². The standard InChI is InChI=1S/C12H15ClN4S/c1-3-14-12-5-4-10(13)11(16-12)8-18-9-6-15-17(2)7-9/h4-7H,3,8H2,1-2H3,(H,14,16). The molecule has 0 fully saturated rings. The molecule has 0 spiro atoms. The predicted molar refractivity (Wildman–Crippen MR) is 76.2 cm³/mol. The summed E-state index contributed by atoms with van der Waals surface area (Å²) in [5.74, 6) is 1.60. The van der Waals surface area contributed by atoms with E-state index in [1.807, 2.05) is 38.5 Å². The van der Waals surface area contributed by atoms with Crippen molar-refractivity contribution in [2.45, 2.75) is 17.6 Å². The fraction of sp³-hybridized carbons (Fsp3) is 0.333. The van der Waals surface area contributed by atoms with Gasteiger partial charge in [0.05, 0.1) is 16.9 Å². The maximum atomic E-state index is 6.14. The van der Waals surface area contributed by atoms with E-state index in [4.69, 9.17) is 11.6 Å². The summed E-state index contributed by atoms with van der Waals surface area (Å²) in [5.41, 5.74) is 0.893. The molecule has 0 unspecified atom stereocenters. The lowest BCUT2D eigenvalue weighted by Gasteiger charge is -2.06. The number of aryl methyl sites for hydroxylation is 1. The Morgan fingerprint density at radius 1 is 1.44 bits per heavy atom. The van der Waals surface area contributed by atoms with Crippen LogP contribution < -0.4 is 5.32 Å². The highest BCUT2D eigenvalue weighted by Crippen LogP contribution is 2.26. The largest absolute Gasteiger partial charge is 0.370 e. The average Bonchev–Trinajstić information content (AvgIpc) is 2.76. The normalized spacial score (nSPS) is 10.6. The van der Waals surface area contributed by atoms with Gasteiger partial charge in [-0.05, 0) is 19.1 Å². The highest BCUT2D eigenvalue weighted by molar-refractivity contribution is 7.98. The van der Waals surface area contributed by atoms with Gasteiger partial charge in [-0.3, -0.25) is 4.68 Å². The summed E-state index contributed by atoms with van der Waals surface area (Å²) in [4.78, 5) is 5.61. The summed E-state index contributed by atoms with van der Waals surface area (Å²) < 4.78 is 1.78. The van der Waals surface area contributed by atoms with E-state index in [0.29, 0.717) is 5.02 Å². The Morgan fingerprint density at radius 2 is 2.28 bits per heavy atom. The highest BCUT2D eigenvalue weighted by Gasteiger charge is 2.05. The first-order chi connectivity index (χ1) is 8.69. The van der Waals surface area contributed by atoms with Gasteiger partial charge in [-0.15, -0.1) is 11.8 Å². The first kappa shape index (κ1) is 13.2. The highest BCUT2D eigenvalue weighted by atomic mass is 35.5. The van der Waals surface area contributed by atoms with E-state index in [2.05, 4.69) is 15.4 Å². The number of hydrogen-bond donors (Lipinski definition) is 1. The molecule has 0 bridgehead atoms. The van der Waals surface area contributed by atoms with Crippen molar-refractivity contribution >= 4 is 29.2 Å². The molecule has 0 saturated heterocycles. The minimum Gasteiger partial charge on any atom is -0.370 e. The van der Waals surface area contributed by atoms with E-state index >= 15 is 0 Å². The van der Waals surface area contributed by atoms with Crippen LogP contribution in [0, 0.1) is 0 Å². The molecule has 1 N–H and O–H groups in total. The van der Waals surface area contributed by atoms with Gasteiger partial charge in [0.1, 0.15) is 5.82 Å². The molecule has 0 aliphatic carbocycles. The van der Waals surface area contributed by atoms with Gasteiger partial charge in [0.25, 0.3) is 0 Å². The molecule has 0 aliphatic rings. The molecule has 96 valence electrons. The van der Waals surface area contributed by atoms with Crippen LogP contribution in [0.4, 0.5) is 5.82 Å². The lowest BCUT2D eigenvalue weighted by Crippen LogP contribution is -2.01. The molecular formula is C12H15ClN4S. The van der Waals surface area contributed by atoms with Crippen molar-refractivity contribution in [3.05, 3.63) is 35.2 Å². The van der Waals surface area contributed by atoms with Gasteiger partial charge >= 0.3 is 0 Å². The SMILES string of the molecule is CCNc1ccc(Cl)c(CSc2cnn(C)c2)n1. The zero-order chi connectivity index (χ0) is 13.0. The van der Waals surface area contributed by atoms with Crippen LogP contribution >= 0.6 is 23.4 Å². The third-order valence-electron chi connectivity index (χ3n) is 2.33. The maximum Gasteiger partial charge on any atom is 0.126 e. The third-order valence-corrected chi connectivity index (χ3v) is 3.64. The van der Waals surface area contributed by atoms with Crippen molar-refractivity contribution in [3.63, 3.8) is 0 Å². The topological polar surface area (TPSA) is 42.7 Å². The molecule has 4 nitrogen and oxygen atoms in total. The van der Waals surface area contributed by atoms with Crippen LogP contribution in [0.15, 0.2) is 29.4 Å². The van der Waals surface area contributed by atoms with Crippen molar-refractivity contribution in [2.24, 2.45) is 7.05 Å². The molecule has 0 aromatic carbocycles. The summed E-state index contributed by atoms with van der Waals surface area (Å²) in [6.07, 6.45) is 3.82. The Labute approximate surface area is 116 Å². The second-order valence-corrected chi connectivity index (χ2v) is 5.25. The fourth-order valence-corrected chi connectivity index (χ4v) is 2.61. The molecule has 0 radical (unpaired) electrons. The van der Waals surface area contributed by atoms with Gasteiger partial charge in [-0.2, -0.15) is 5.10 Å². The zero-order valence-corrected chi connectivity index (χ0v) is 11.9. The quantitative estimate of drug-likeness (QED) is 0.855. The van der Waals surface area contributed by atoms with E-state index in [9.17, 15) is 0 Å². The van der Waals surface area contributed by atoms with E-state index in [1.165, 1.54) is 0 Å². The molecule has 2 aromatic heterocycles. The molecule has 0 atom stereocenters. The fourth-order valence-electron chi connectivity index (χ4n) is 1.49. The van der Waals surface area contributed by atoms with Crippen LogP contribution in [0.25, 0.3) is 0 Å². The van der Waals surface area contributed by atoms with E-state index in [1.54, 1.807) is 16.4 Å². The number of halogens is 1. The molecule has 6 heteroatoms. The van der Waals surface area contributed by atoms with Crippen molar-refractivity contribution in [1.82, 2.24) is 14.8 Å². The Kier molecular flexibility index (Phi) is 4.49. The number of aromatic nitrogens is 3. The summed E-state index contributed by atoms with van der Waals surface area (Å²) in [6, 6.07) is 3.77. The molecule has 2 aromatic rings. The molecule has 0 aliphatic heterocycles. The van der Waals surface area contributed by atoms with Crippen molar-refractivity contribution in [1.29, 1.82) is 0 Å². The Morgan fingerprint density at radius 3 is 2.94 bits per heavy atom. The Bertz CT molecular complexity index is 527. The van der Waals surface area contributed by atoms with Crippen LogP contribution in [0.5, 0.6) is 0 Å². The summed E-state index contributed by atoms with van der Waals surface area (Å²) in [6.45, 7) is 2.89. The minimum absolute atomic E-state index is 0.702. The number of rotatable bonds is 5. The maximum absolute atomic E-state index is 6.14. The smallest absolute Gasteiger partial charge is 0.126 e. The number of thioether (sulfide) groups is 1. The number of nitrogens with zero attached hydrogens (tertiary/aromatic N) is 3. The Hall–Kier alpha value is -1.20. The van der Waals surface area contributed by atoms with E-state index in [0.717, 1.165) is 28.7 Å². The van der Waals surface area contributed by atoms with Crippen LogP contribution in [-0.2, 0) is 12.8 Å². The lowest BCUT2D eigenvalue weighted by atomic mass is 10.3. The molecule has 2 heterocycles. The molecule has 0 amide bonds. The van der Waals surface area contributed by atoms with E-state index < -0.39 is 0 Å². The van der Waals surface area contributed by atoms with Crippen molar-refractivity contribution in [2.75, 3.05) is 11.9 Å². The third kappa shape index (κ3) is 3.40. The number of hydrogen-bond acceptors (Lipinski definition) is 4. The predicted octanol–water partition coefficient (Wildman–Crippen LogP) is 3.19. The van der Waals surface area contributed by atoms with Gasteiger partial charge in [0.15, 0.2) is 0 Å².